The highest BCUT2D eigenvalue weighted by molar-refractivity contribution is 5.33. The minimum absolute atomic E-state index is 0.317. The van der Waals surface area contributed by atoms with Crippen molar-refractivity contribution < 1.29 is 4.39 Å². The second-order valence-corrected chi connectivity index (χ2v) is 5.57. The average molecular weight is 275 g/mol. The highest BCUT2D eigenvalue weighted by Crippen LogP contribution is 2.22. The van der Waals surface area contributed by atoms with Crippen molar-refractivity contribution in [1.82, 2.24) is 10.2 Å². The third kappa shape index (κ3) is 4.29. The third-order valence-electron chi connectivity index (χ3n) is 4.00. The summed E-state index contributed by atoms with van der Waals surface area (Å²) in [4.78, 5) is 2.35. The highest BCUT2D eigenvalue weighted by Gasteiger charge is 2.19. The van der Waals surface area contributed by atoms with Crippen molar-refractivity contribution in [2.75, 3.05) is 26.7 Å². The smallest absolute Gasteiger partial charge is 0.124 e. The van der Waals surface area contributed by atoms with Gasteiger partial charge in [-0.3, -0.25) is 4.90 Å². The van der Waals surface area contributed by atoms with Gasteiger partial charge in [0.05, 0.1) is 11.6 Å². The minimum Gasteiger partial charge on any atom is -0.320 e. The molecule has 1 aliphatic heterocycles. The summed E-state index contributed by atoms with van der Waals surface area (Å²) in [6.07, 6.45) is 3.66. The second kappa shape index (κ2) is 7.37. The van der Waals surface area contributed by atoms with Crippen molar-refractivity contribution in [1.29, 1.82) is 5.26 Å². The quantitative estimate of drug-likeness (QED) is 0.897. The van der Waals surface area contributed by atoms with Crippen molar-refractivity contribution in [2.24, 2.45) is 5.92 Å². The van der Waals surface area contributed by atoms with Crippen LogP contribution in [-0.4, -0.2) is 31.6 Å². The summed E-state index contributed by atoms with van der Waals surface area (Å²) in [5.41, 5.74) is 1.30. The number of likely N-dealkylation sites (tertiary alicyclic amines) is 1. The van der Waals surface area contributed by atoms with Crippen LogP contribution >= 0.6 is 0 Å². The number of hydrogen-bond donors (Lipinski definition) is 1. The van der Waals surface area contributed by atoms with Crippen molar-refractivity contribution in [3.8, 4) is 6.07 Å². The van der Waals surface area contributed by atoms with E-state index in [0.29, 0.717) is 5.56 Å². The number of benzene rings is 1. The van der Waals surface area contributed by atoms with Gasteiger partial charge in [0.2, 0.25) is 0 Å². The summed E-state index contributed by atoms with van der Waals surface area (Å²) < 4.78 is 13.4. The van der Waals surface area contributed by atoms with Crippen molar-refractivity contribution in [3.05, 3.63) is 35.1 Å². The van der Waals surface area contributed by atoms with Crippen LogP contribution < -0.4 is 5.32 Å². The number of nitrogens with zero attached hydrogens (tertiary/aromatic N) is 2. The number of nitrogens with one attached hydrogen (secondary N) is 1. The largest absolute Gasteiger partial charge is 0.320 e. The molecule has 1 aliphatic rings. The molecule has 1 aromatic rings. The first-order valence-corrected chi connectivity index (χ1v) is 7.28. The molecule has 2 rings (SSSR count). The van der Waals surface area contributed by atoms with Gasteiger partial charge >= 0.3 is 0 Å². The summed E-state index contributed by atoms with van der Waals surface area (Å²) in [6.45, 7) is 3.95. The number of nitriles is 1. The van der Waals surface area contributed by atoms with Crippen LogP contribution in [0.1, 0.15) is 30.4 Å². The van der Waals surface area contributed by atoms with E-state index < -0.39 is 0 Å². The molecular weight excluding hydrogens is 253 g/mol. The van der Waals surface area contributed by atoms with Gasteiger partial charge in [-0.2, -0.15) is 5.26 Å². The van der Waals surface area contributed by atoms with Crippen LogP contribution in [0.2, 0.25) is 0 Å². The van der Waals surface area contributed by atoms with Crippen LogP contribution in [-0.2, 0) is 6.54 Å². The van der Waals surface area contributed by atoms with Crippen LogP contribution in [0.4, 0.5) is 4.39 Å². The molecule has 0 aliphatic carbocycles. The Kier molecular flexibility index (Phi) is 5.51. The summed E-state index contributed by atoms with van der Waals surface area (Å²) in [5, 5.41) is 12.1. The Morgan fingerprint density at radius 1 is 1.35 bits per heavy atom. The second-order valence-electron chi connectivity index (χ2n) is 5.57. The molecule has 0 bridgehead atoms. The third-order valence-corrected chi connectivity index (χ3v) is 4.00. The lowest BCUT2D eigenvalue weighted by molar-refractivity contribution is 0.172. The van der Waals surface area contributed by atoms with Crippen molar-refractivity contribution in [2.45, 2.75) is 25.8 Å². The molecule has 20 heavy (non-hydrogen) atoms. The fraction of sp³-hybridized carbons (Fsp3) is 0.562. The predicted octanol–water partition coefficient (Wildman–Crippen LogP) is 2.52. The maximum atomic E-state index is 13.4. The summed E-state index contributed by atoms with van der Waals surface area (Å²) in [7, 11) is 1.99. The molecule has 0 atom stereocenters. The lowest BCUT2D eigenvalue weighted by atomic mass is 9.93. The van der Waals surface area contributed by atoms with E-state index in [1.54, 1.807) is 6.07 Å². The Balaban J connectivity index is 1.86. The average Bonchev–Trinajstić information content (AvgIpc) is 2.46. The molecule has 1 aromatic carbocycles. The first kappa shape index (κ1) is 15.0. The molecular formula is C16H22FN3. The van der Waals surface area contributed by atoms with Crippen molar-refractivity contribution in [3.63, 3.8) is 0 Å². The van der Waals surface area contributed by atoms with Gasteiger partial charge in [0.1, 0.15) is 5.82 Å². The lowest BCUT2D eigenvalue weighted by Crippen LogP contribution is -2.34. The van der Waals surface area contributed by atoms with Gasteiger partial charge in [0.25, 0.3) is 0 Å². The van der Waals surface area contributed by atoms with Crippen molar-refractivity contribution >= 4 is 0 Å². The monoisotopic (exact) mass is 275 g/mol. The standard InChI is InChI=1S/C16H22FN3/c1-19-5-2-13-3-6-20(7-4-13)12-15-8-14(11-18)9-16(17)10-15/h8-10,13,19H,2-7,12H2,1H3. The molecule has 3 nitrogen and oxygen atoms in total. The topological polar surface area (TPSA) is 39.1 Å². The maximum absolute atomic E-state index is 13.4. The minimum atomic E-state index is -0.317. The molecule has 4 heteroatoms. The fourth-order valence-corrected chi connectivity index (χ4v) is 2.85. The van der Waals surface area contributed by atoms with Gasteiger partial charge in [-0.25, -0.2) is 4.39 Å². The van der Waals surface area contributed by atoms with Gasteiger partial charge in [-0.1, -0.05) is 0 Å². The number of halogens is 1. The van der Waals surface area contributed by atoms with Crippen LogP contribution in [0.5, 0.6) is 0 Å². The van der Waals surface area contributed by atoms with Crippen LogP contribution in [0.3, 0.4) is 0 Å². The molecule has 0 radical (unpaired) electrons. The van der Waals surface area contributed by atoms with Gasteiger partial charge < -0.3 is 5.32 Å². The molecule has 0 amide bonds. The molecule has 1 fully saturated rings. The Hall–Kier alpha value is -1.44. The molecule has 1 saturated heterocycles. The summed E-state index contributed by atoms with van der Waals surface area (Å²) >= 11 is 0. The number of piperidine rings is 1. The highest BCUT2D eigenvalue weighted by atomic mass is 19.1. The Morgan fingerprint density at radius 2 is 2.10 bits per heavy atom. The Labute approximate surface area is 120 Å². The fourth-order valence-electron chi connectivity index (χ4n) is 2.85. The Morgan fingerprint density at radius 3 is 2.75 bits per heavy atom. The number of rotatable bonds is 5. The van der Waals surface area contributed by atoms with Crippen LogP contribution in [0.25, 0.3) is 0 Å². The summed E-state index contributed by atoms with van der Waals surface area (Å²) in [6, 6.07) is 6.62. The molecule has 0 spiro atoms. The maximum Gasteiger partial charge on any atom is 0.124 e. The van der Waals surface area contributed by atoms with E-state index >= 15 is 0 Å². The van der Waals surface area contributed by atoms with Gasteiger partial charge in [0.15, 0.2) is 0 Å². The van der Waals surface area contributed by atoms with Crippen LogP contribution in [0, 0.1) is 23.1 Å². The van der Waals surface area contributed by atoms with Gasteiger partial charge in [-0.15, -0.1) is 0 Å². The first-order chi connectivity index (χ1) is 9.71. The zero-order chi connectivity index (χ0) is 14.4. The van der Waals surface area contributed by atoms with E-state index in [4.69, 9.17) is 5.26 Å². The lowest BCUT2D eigenvalue weighted by Gasteiger charge is -2.32. The van der Waals surface area contributed by atoms with E-state index in [1.807, 2.05) is 13.1 Å². The van der Waals surface area contributed by atoms with E-state index in [0.717, 1.165) is 37.7 Å². The van der Waals surface area contributed by atoms with E-state index in [-0.39, 0.29) is 5.82 Å². The molecule has 1 N–H and O–H groups in total. The molecule has 0 unspecified atom stereocenters. The van der Waals surface area contributed by atoms with E-state index in [2.05, 4.69) is 10.2 Å². The van der Waals surface area contributed by atoms with Gasteiger partial charge in [-0.05, 0) is 75.6 Å². The van der Waals surface area contributed by atoms with Crippen LogP contribution in [0.15, 0.2) is 18.2 Å². The number of hydrogen-bond acceptors (Lipinski definition) is 3. The zero-order valence-electron chi connectivity index (χ0n) is 12.0. The SMILES string of the molecule is CNCCC1CCN(Cc2cc(F)cc(C#N)c2)CC1. The van der Waals surface area contributed by atoms with E-state index in [1.165, 1.54) is 31.4 Å². The zero-order valence-corrected chi connectivity index (χ0v) is 12.0. The Bertz CT molecular complexity index is 473. The first-order valence-electron chi connectivity index (χ1n) is 7.28. The predicted molar refractivity (Wildman–Crippen MR) is 77.7 cm³/mol. The van der Waals surface area contributed by atoms with E-state index in [9.17, 15) is 4.39 Å². The normalized spacial score (nSPS) is 17.1. The molecule has 108 valence electrons. The molecule has 0 aromatic heterocycles. The van der Waals surface area contributed by atoms with Gasteiger partial charge in [0, 0.05) is 6.54 Å². The molecule has 0 saturated carbocycles. The summed E-state index contributed by atoms with van der Waals surface area (Å²) in [5.74, 6) is 0.490. The molecule has 1 heterocycles.